The topological polar surface area (TPSA) is 67.2 Å². The molecular formula is C9H19N3O. The van der Waals surface area contributed by atoms with Crippen LogP contribution in [0.15, 0.2) is 0 Å². The Hall–Kier alpha value is -0.770. The van der Waals surface area contributed by atoms with Gasteiger partial charge >= 0.3 is 6.03 Å². The highest BCUT2D eigenvalue weighted by Gasteiger charge is 2.19. The van der Waals surface area contributed by atoms with E-state index in [2.05, 4.69) is 17.6 Å². The first-order valence-electron chi connectivity index (χ1n) is 4.95. The number of nitrogens with two attached hydrogens (primary N) is 1. The van der Waals surface area contributed by atoms with E-state index < -0.39 is 6.03 Å². The Morgan fingerprint density at radius 1 is 1.46 bits per heavy atom. The van der Waals surface area contributed by atoms with Crippen molar-refractivity contribution in [3.63, 3.8) is 0 Å². The van der Waals surface area contributed by atoms with E-state index in [0.717, 1.165) is 12.5 Å². The number of carbonyl (C=O) groups excluding carboxylic acids is 1. The molecule has 4 nitrogen and oxygen atoms in total. The van der Waals surface area contributed by atoms with Gasteiger partial charge in [-0.3, -0.25) is 0 Å². The summed E-state index contributed by atoms with van der Waals surface area (Å²) in [4.78, 5) is 10.3. The Kier molecular flexibility index (Phi) is 4.02. The average Bonchev–Trinajstić information content (AvgIpc) is 2.45. The Bertz CT molecular complexity index is 172. The second-order valence-corrected chi connectivity index (χ2v) is 3.86. The lowest BCUT2D eigenvalue weighted by atomic mass is 10.1. The summed E-state index contributed by atoms with van der Waals surface area (Å²) in [6.45, 7) is 3.73. The molecule has 1 aliphatic carbocycles. The second kappa shape index (κ2) is 5.07. The minimum atomic E-state index is -0.443. The van der Waals surface area contributed by atoms with Gasteiger partial charge in [-0.15, -0.1) is 0 Å². The third-order valence-electron chi connectivity index (χ3n) is 2.55. The quantitative estimate of drug-likeness (QED) is 0.556. The SMILES string of the molecule is CC1CCC(NCCNC(N)=O)C1. The average molecular weight is 185 g/mol. The molecular weight excluding hydrogens is 166 g/mol. The van der Waals surface area contributed by atoms with Crippen molar-refractivity contribution in [1.82, 2.24) is 10.6 Å². The molecule has 1 aliphatic rings. The number of amides is 2. The number of nitrogens with one attached hydrogen (secondary N) is 2. The van der Waals surface area contributed by atoms with Crippen LogP contribution in [0.5, 0.6) is 0 Å². The van der Waals surface area contributed by atoms with Gasteiger partial charge in [0.1, 0.15) is 0 Å². The van der Waals surface area contributed by atoms with Crippen LogP contribution in [0, 0.1) is 5.92 Å². The molecule has 0 aromatic rings. The molecule has 0 aliphatic heterocycles. The molecule has 0 aromatic heterocycles. The molecule has 4 heteroatoms. The standard InChI is InChI=1S/C9H19N3O/c1-7-2-3-8(6-7)11-4-5-12-9(10)13/h7-8,11H,2-6H2,1H3,(H3,10,12,13). The zero-order chi connectivity index (χ0) is 9.68. The maximum Gasteiger partial charge on any atom is 0.312 e. The van der Waals surface area contributed by atoms with Crippen LogP contribution < -0.4 is 16.4 Å². The van der Waals surface area contributed by atoms with E-state index >= 15 is 0 Å². The van der Waals surface area contributed by atoms with Crippen LogP contribution in [0.3, 0.4) is 0 Å². The van der Waals surface area contributed by atoms with Crippen molar-refractivity contribution in [2.24, 2.45) is 11.7 Å². The molecule has 0 bridgehead atoms. The number of carbonyl (C=O) groups is 1. The molecule has 2 atom stereocenters. The summed E-state index contributed by atoms with van der Waals surface area (Å²) in [5.74, 6) is 0.849. The Morgan fingerprint density at radius 2 is 2.23 bits per heavy atom. The first-order valence-corrected chi connectivity index (χ1v) is 4.95. The van der Waals surface area contributed by atoms with Crippen molar-refractivity contribution in [2.45, 2.75) is 32.2 Å². The van der Waals surface area contributed by atoms with Gasteiger partial charge in [0, 0.05) is 19.1 Å². The van der Waals surface area contributed by atoms with Crippen LogP contribution in [-0.4, -0.2) is 25.2 Å². The summed E-state index contributed by atoms with van der Waals surface area (Å²) in [7, 11) is 0. The van der Waals surface area contributed by atoms with Crippen molar-refractivity contribution < 1.29 is 4.79 Å². The van der Waals surface area contributed by atoms with Gasteiger partial charge in [0.15, 0.2) is 0 Å². The van der Waals surface area contributed by atoms with Gasteiger partial charge in [-0.25, -0.2) is 4.79 Å². The summed E-state index contributed by atoms with van der Waals surface area (Å²) in [6.07, 6.45) is 3.84. The summed E-state index contributed by atoms with van der Waals surface area (Å²) in [6, 6.07) is 0.200. The highest BCUT2D eigenvalue weighted by atomic mass is 16.2. The minimum absolute atomic E-state index is 0.443. The van der Waals surface area contributed by atoms with Gasteiger partial charge in [-0.05, 0) is 25.2 Å². The fraction of sp³-hybridized carbons (Fsp3) is 0.889. The smallest absolute Gasteiger partial charge is 0.312 e. The first-order chi connectivity index (χ1) is 6.18. The summed E-state index contributed by atoms with van der Waals surface area (Å²) < 4.78 is 0. The third kappa shape index (κ3) is 4.12. The van der Waals surface area contributed by atoms with Gasteiger partial charge in [0.2, 0.25) is 0 Å². The maximum atomic E-state index is 10.3. The van der Waals surface area contributed by atoms with E-state index in [-0.39, 0.29) is 0 Å². The molecule has 4 N–H and O–H groups in total. The van der Waals surface area contributed by atoms with Gasteiger partial charge < -0.3 is 16.4 Å². The highest BCUT2D eigenvalue weighted by molar-refractivity contribution is 5.71. The molecule has 0 aromatic carbocycles. The van der Waals surface area contributed by atoms with Crippen LogP contribution in [0.1, 0.15) is 26.2 Å². The van der Waals surface area contributed by atoms with Crippen molar-refractivity contribution >= 4 is 6.03 Å². The van der Waals surface area contributed by atoms with E-state index in [0.29, 0.717) is 12.6 Å². The van der Waals surface area contributed by atoms with Crippen LogP contribution in [0.4, 0.5) is 4.79 Å². The molecule has 76 valence electrons. The number of hydrogen-bond donors (Lipinski definition) is 3. The Balaban J connectivity index is 1.97. The van der Waals surface area contributed by atoms with E-state index in [9.17, 15) is 4.79 Å². The van der Waals surface area contributed by atoms with Gasteiger partial charge in [-0.1, -0.05) is 6.92 Å². The highest BCUT2D eigenvalue weighted by Crippen LogP contribution is 2.24. The van der Waals surface area contributed by atoms with Crippen LogP contribution in [-0.2, 0) is 0 Å². The maximum absolute atomic E-state index is 10.3. The van der Waals surface area contributed by atoms with Crippen molar-refractivity contribution in [2.75, 3.05) is 13.1 Å². The van der Waals surface area contributed by atoms with Crippen molar-refractivity contribution in [1.29, 1.82) is 0 Å². The van der Waals surface area contributed by atoms with Crippen molar-refractivity contribution in [3.8, 4) is 0 Å². The van der Waals surface area contributed by atoms with Crippen LogP contribution in [0.2, 0.25) is 0 Å². The summed E-state index contributed by atoms with van der Waals surface area (Å²) >= 11 is 0. The number of primary amides is 1. The molecule has 1 fully saturated rings. The monoisotopic (exact) mass is 185 g/mol. The van der Waals surface area contributed by atoms with E-state index in [4.69, 9.17) is 5.73 Å². The van der Waals surface area contributed by atoms with Gasteiger partial charge in [-0.2, -0.15) is 0 Å². The molecule has 1 rings (SSSR count). The predicted molar refractivity (Wildman–Crippen MR) is 52.4 cm³/mol. The largest absolute Gasteiger partial charge is 0.352 e. The van der Waals surface area contributed by atoms with E-state index in [1.54, 1.807) is 0 Å². The number of urea groups is 1. The molecule has 2 unspecified atom stereocenters. The predicted octanol–water partition coefficient (Wildman–Crippen LogP) is 0.433. The van der Waals surface area contributed by atoms with E-state index in [1.807, 2.05) is 0 Å². The minimum Gasteiger partial charge on any atom is -0.352 e. The summed E-state index contributed by atoms with van der Waals surface area (Å²) in [5, 5.41) is 5.95. The zero-order valence-corrected chi connectivity index (χ0v) is 8.18. The fourth-order valence-corrected chi connectivity index (χ4v) is 1.85. The van der Waals surface area contributed by atoms with Crippen LogP contribution >= 0.6 is 0 Å². The number of hydrogen-bond acceptors (Lipinski definition) is 2. The van der Waals surface area contributed by atoms with Crippen LogP contribution in [0.25, 0.3) is 0 Å². The third-order valence-corrected chi connectivity index (χ3v) is 2.55. The Morgan fingerprint density at radius 3 is 2.77 bits per heavy atom. The molecule has 0 radical (unpaired) electrons. The lowest BCUT2D eigenvalue weighted by Crippen LogP contribution is -2.38. The Labute approximate surface area is 79.3 Å². The fourth-order valence-electron chi connectivity index (χ4n) is 1.85. The zero-order valence-electron chi connectivity index (χ0n) is 8.18. The molecule has 13 heavy (non-hydrogen) atoms. The lowest BCUT2D eigenvalue weighted by Gasteiger charge is -2.11. The second-order valence-electron chi connectivity index (χ2n) is 3.86. The molecule has 0 heterocycles. The normalized spacial score (nSPS) is 27.5. The number of rotatable bonds is 4. The van der Waals surface area contributed by atoms with Gasteiger partial charge in [0.25, 0.3) is 0 Å². The molecule has 1 saturated carbocycles. The molecule has 0 spiro atoms. The van der Waals surface area contributed by atoms with Gasteiger partial charge in [0.05, 0.1) is 0 Å². The van der Waals surface area contributed by atoms with Crippen molar-refractivity contribution in [3.05, 3.63) is 0 Å². The molecule has 2 amide bonds. The first kappa shape index (κ1) is 10.3. The summed E-state index contributed by atoms with van der Waals surface area (Å²) in [5.41, 5.74) is 4.93. The lowest BCUT2D eigenvalue weighted by molar-refractivity contribution is 0.248. The molecule has 0 saturated heterocycles. The van der Waals surface area contributed by atoms with E-state index in [1.165, 1.54) is 19.3 Å².